The van der Waals surface area contributed by atoms with Crippen molar-refractivity contribution in [2.45, 2.75) is 31.7 Å². The van der Waals surface area contributed by atoms with Gasteiger partial charge < -0.3 is 19.3 Å². The van der Waals surface area contributed by atoms with Crippen molar-refractivity contribution >= 4 is 5.78 Å². The van der Waals surface area contributed by atoms with Crippen molar-refractivity contribution in [3.8, 4) is 11.5 Å². The van der Waals surface area contributed by atoms with E-state index >= 15 is 0 Å². The second kappa shape index (κ2) is 5.19. The molecule has 0 radical (unpaired) electrons. The highest BCUT2D eigenvalue weighted by Gasteiger charge is 2.66. The van der Waals surface area contributed by atoms with E-state index in [1.165, 1.54) is 6.08 Å². The zero-order chi connectivity index (χ0) is 16.9. The fourth-order valence-corrected chi connectivity index (χ4v) is 4.23. The van der Waals surface area contributed by atoms with Crippen LogP contribution in [-0.2, 0) is 9.53 Å². The van der Waals surface area contributed by atoms with Gasteiger partial charge in [-0.25, -0.2) is 0 Å². The summed E-state index contributed by atoms with van der Waals surface area (Å²) in [4.78, 5) is 12.4. The lowest BCUT2D eigenvalue weighted by molar-refractivity contribution is -0.229. The van der Waals surface area contributed by atoms with Crippen LogP contribution in [0.4, 0.5) is 0 Å². The predicted octanol–water partition coefficient (Wildman–Crippen LogP) is 2.90. The molecule has 3 aliphatic rings. The first kappa shape index (κ1) is 15.4. The van der Waals surface area contributed by atoms with Crippen molar-refractivity contribution < 1.29 is 24.1 Å². The van der Waals surface area contributed by atoms with Crippen LogP contribution in [0, 0.1) is 11.3 Å². The van der Waals surface area contributed by atoms with Gasteiger partial charge >= 0.3 is 0 Å². The van der Waals surface area contributed by atoms with E-state index in [9.17, 15) is 9.90 Å². The van der Waals surface area contributed by atoms with Crippen molar-refractivity contribution in [2.75, 3.05) is 6.79 Å². The number of hydrogen-bond donors (Lipinski definition) is 1. The third kappa shape index (κ3) is 1.85. The van der Waals surface area contributed by atoms with Crippen molar-refractivity contribution in [3.63, 3.8) is 0 Å². The fraction of sp³-hybridized carbons (Fsp3) is 0.421. The van der Waals surface area contributed by atoms with Gasteiger partial charge in [0.25, 0.3) is 0 Å². The van der Waals surface area contributed by atoms with E-state index in [1.54, 1.807) is 6.08 Å². The Bertz CT molecular complexity index is 739. The molecule has 4 atom stereocenters. The van der Waals surface area contributed by atoms with Crippen LogP contribution in [0.1, 0.15) is 31.4 Å². The van der Waals surface area contributed by atoms with Crippen LogP contribution in [-0.4, -0.2) is 23.5 Å². The standard InChI is InChI=1S/C19H20O5/c1-3-8-18-9-4-5-16(20)19(18,21)24-17(12(18)2)13-6-7-14-15(10-13)23-11-22-14/h3-7,10,12,17,21H,1,8-9,11H2,2H3/t12-,17-,18+,19+/m1/s1. The van der Waals surface area contributed by atoms with E-state index < -0.39 is 23.1 Å². The average molecular weight is 328 g/mol. The number of fused-ring (bicyclic) bond motifs is 2. The molecule has 1 aromatic carbocycles. The van der Waals surface area contributed by atoms with Crippen LogP contribution in [0.5, 0.6) is 11.5 Å². The number of carbonyl (C=O) groups excluding carboxylic acids is 1. The smallest absolute Gasteiger partial charge is 0.237 e. The Morgan fingerprint density at radius 3 is 2.96 bits per heavy atom. The number of aliphatic hydroxyl groups is 1. The molecule has 1 N–H and O–H groups in total. The van der Waals surface area contributed by atoms with Crippen molar-refractivity contribution in [1.82, 2.24) is 0 Å². The van der Waals surface area contributed by atoms with Crippen LogP contribution in [0.15, 0.2) is 43.0 Å². The molecule has 0 amide bonds. The lowest BCUT2D eigenvalue weighted by Gasteiger charge is -2.42. The molecule has 2 aliphatic heterocycles. The average Bonchev–Trinajstić information content (AvgIpc) is 3.12. The minimum Gasteiger partial charge on any atom is -0.454 e. The van der Waals surface area contributed by atoms with Crippen LogP contribution < -0.4 is 9.47 Å². The highest BCUT2D eigenvalue weighted by Crippen LogP contribution is 2.61. The van der Waals surface area contributed by atoms with E-state index in [2.05, 4.69) is 6.58 Å². The van der Waals surface area contributed by atoms with Gasteiger partial charge in [-0.15, -0.1) is 6.58 Å². The van der Waals surface area contributed by atoms with E-state index in [-0.39, 0.29) is 12.7 Å². The summed E-state index contributed by atoms with van der Waals surface area (Å²) < 4.78 is 16.8. The van der Waals surface area contributed by atoms with Gasteiger partial charge in [0, 0.05) is 5.41 Å². The molecular weight excluding hydrogens is 308 g/mol. The van der Waals surface area contributed by atoms with E-state index in [4.69, 9.17) is 14.2 Å². The highest BCUT2D eigenvalue weighted by molar-refractivity contribution is 5.97. The Kier molecular flexibility index (Phi) is 3.34. The Hall–Kier alpha value is -2.11. The van der Waals surface area contributed by atoms with Crippen molar-refractivity contribution in [2.24, 2.45) is 11.3 Å². The first-order valence-corrected chi connectivity index (χ1v) is 8.13. The van der Waals surface area contributed by atoms with Crippen LogP contribution in [0.25, 0.3) is 0 Å². The number of rotatable bonds is 3. The third-order valence-electron chi connectivity index (χ3n) is 5.62. The molecule has 0 spiro atoms. The minimum absolute atomic E-state index is 0.0743. The summed E-state index contributed by atoms with van der Waals surface area (Å²) in [6.07, 6.45) is 5.65. The highest BCUT2D eigenvalue weighted by atomic mass is 16.7. The van der Waals surface area contributed by atoms with Crippen LogP contribution in [0.2, 0.25) is 0 Å². The van der Waals surface area contributed by atoms with Gasteiger partial charge in [0.1, 0.15) is 0 Å². The molecule has 4 rings (SSSR count). The quantitative estimate of drug-likeness (QED) is 0.864. The summed E-state index contributed by atoms with van der Waals surface area (Å²) in [7, 11) is 0. The topological polar surface area (TPSA) is 65.0 Å². The number of ketones is 1. The SMILES string of the molecule is C=CC[C@@]12CC=CC(=O)[C@]1(O)O[C@@H](c1ccc3c(c1)OCO3)[C@H]2C. The molecule has 5 nitrogen and oxygen atoms in total. The molecule has 0 unspecified atom stereocenters. The molecule has 5 heteroatoms. The van der Waals surface area contributed by atoms with Gasteiger partial charge in [0.15, 0.2) is 11.5 Å². The van der Waals surface area contributed by atoms with E-state index in [0.717, 1.165) is 5.56 Å². The molecule has 1 fully saturated rings. The molecule has 24 heavy (non-hydrogen) atoms. The summed E-state index contributed by atoms with van der Waals surface area (Å²) in [6.45, 7) is 6.03. The molecule has 0 saturated carbocycles. The molecule has 126 valence electrons. The summed E-state index contributed by atoms with van der Waals surface area (Å²) in [5.41, 5.74) is 0.160. The van der Waals surface area contributed by atoms with Gasteiger partial charge in [-0.1, -0.05) is 25.1 Å². The second-order valence-electron chi connectivity index (χ2n) is 6.70. The zero-order valence-corrected chi connectivity index (χ0v) is 13.5. The summed E-state index contributed by atoms with van der Waals surface area (Å²) in [6, 6.07) is 5.60. The number of carbonyl (C=O) groups is 1. The fourth-order valence-electron chi connectivity index (χ4n) is 4.23. The normalized spacial score (nSPS) is 36.7. The maximum absolute atomic E-state index is 12.4. The molecule has 1 saturated heterocycles. The Morgan fingerprint density at radius 2 is 2.17 bits per heavy atom. The molecule has 1 aromatic rings. The van der Waals surface area contributed by atoms with Gasteiger partial charge in [-0.05, 0) is 42.5 Å². The largest absolute Gasteiger partial charge is 0.454 e. The van der Waals surface area contributed by atoms with Gasteiger partial charge in [-0.3, -0.25) is 4.79 Å². The number of allylic oxidation sites excluding steroid dienone is 2. The maximum atomic E-state index is 12.4. The lowest BCUT2D eigenvalue weighted by Crippen LogP contribution is -2.54. The molecular formula is C19H20O5. The Labute approximate surface area is 140 Å². The second-order valence-corrected chi connectivity index (χ2v) is 6.70. The molecule has 1 aliphatic carbocycles. The molecule has 0 aromatic heterocycles. The zero-order valence-electron chi connectivity index (χ0n) is 13.5. The van der Waals surface area contributed by atoms with Crippen molar-refractivity contribution in [3.05, 3.63) is 48.6 Å². The summed E-state index contributed by atoms with van der Waals surface area (Å²) in [5, 5.41) is 11.1. The predicted molar refractivity (Wildman–Crippen MR) is 86.5 cm³/mol. The van der Waals surface area contributed by atoms with Crippen molar-refractivity contribution in [1.29, 1.82) is 0 Å². The van der Waals surface area contributed by atoms with Crippen LogP contribution in [0.3, 0.4) is 0 Å². The van der Waals surface area contributed by atoms with Gasteiger partial charge in [0.05, 0.1) is 6.10 Å². The third-order valence-corrected chi connectivity index (χ3v) is 5.62. The number of benzene rings is 1. The number of ether oxygens (including phenoxy) is 3. The van der Waals surface area contributed by atoms with Gasteiger partial charge in [0.2, 0.25) is 18.4 Å². The Morgan fingerprint density at radius 1 is 1.38 bits per heavy atom. The first-order chi connectivity index (χ1) is 11.5. The molecule has 0 bridgehead atoms. The minimum atomic E-state index is -1.82. The number of hydrogen-bond acceptors (Lipinski definition) is 5. The Balaban J connectivity index is 1.77. The summed E-state index contributed by atoms with van der Waals surface area (Å²) >= 11 is 0. The maximum Gasteiger partial charge on any atom is 0.237 e. The van der Waals surface area contributed by atoms with E-state index in [1.807, 2.05) is 31.2 Å². The van der Waals surface area contributed by atoms with Crippen LogP contribution >= 0.6 is 0 Å². The summed E-state index contributed by atoms with van der Waals surface area (Å²) in [5.74, 6) is -0.942. The lowest BCUT2D eigenvalue weighted by atomic mass is 9.62. The molecule has 2 heterocycles. The van der Waals surface area contributed by atoms with E-state index in [0.29, 0.717) is 24.3 Å². The van der Waals surface area contributed by atoms with Gasteiger partial charge in [-0.2, -0.15) is 0 Å². The first-order valence-electron chi connectivity index (χ1n) is 8.13. The monoisotopic (exact) mass is 328 g/mol.